The summed E-state index contributed by atoms with van der Waals surface area (Å²) in [4.78, 5) is 4.65. The molecule has 3 rings (SSSR count). The van der Waals surface area contributed by atoms with Crippen molar-refractivity contribution in [1.82, 2.24) is 10.1 Å². The van der Waals surface area contributed by atoms with Crippen molar-refractivity contribution in [2.45, 2.75) is 30.5 Å². The predicted octanol–water partition coefficient (Wildman–Crippen LogP) is 3.83. The number of aromatic nitrogens is 2. The molecule has 19 heavy (non-hydrogen) atoms. The molecule has 2 atom stereocenters. The Balaban J connectivity index is 1.93. The van der Waals surface area contributed by atoms with Gasteiger partial charge >= 0.3 is 0 Å². The Kier molecular flexibility index (Phi) is 3.55. The van der Waals surface area contributed by atoms with Crippen LogP contribution in [0.5, 0.6) is 5.75 Å². The largest absolute Gasteiger partial charge is 0.493 e. The third-order valence-electron chi connectivity index (χ3n) is 3.35. The van der Waals surface area contributed by atoms with Crippen molar-refractivity contribution in [2.24, 2.45) is 0 Å². The summed E-state index contributed by atoms with van der Waals surface area (Å²) < 4.78 is 11.0. The Morgan fingerprint density at radius 1 is 1.42 bits per heavy atom. The van der Waals surface area contributed by atoms with E-state index in [1.165, 1.54) is 0 Å². The molecule has 1 aliphatic heterocycles. The van der Waals surface area contributed by atoms with Gasteiger partial charge in [0.05, 0.1) is 17.4 Å². The fourth-order valence-corrected chi connectivity index (χ4v) is 2.49. The van der Waals surface area contributed by atoms with Crippen LogP contribution in [-0.2, 0) is 0 Å². The van der Waals surface area contributed by atoms with E-state index in [9.17, 15) is 0 Å². The molecular formula is C14H15BrN2O2. The van der Waals surface area contributed by atoms with Crippen LogP contribution in [0.3, 0.4) is 0 Å². The second kappa shape index (κ2) is 5.33. The third-order valence-corrected chi connectivity index (χ3v) is 4.39. The second-order valence-corrected chi connectivity index (χ2v) is 5.70. The van der Waals surface area contributed by atoms with E-state index in [1.54, 1.807) is 0 Å². The van der Waals surface area contributed by atoms with Gasteiger partial charge in [-0.05, 0) is 18.9 Å². The van der Waals surface area contributed by atoms with E-state index in [0.717, 1.165) is 30.0 Å². The van der Waals surface area contributed by atoms with Crippen molar-refractivity contribution >= 4 is 15.9 Å². The van der Waals surface area contributed by atoms with Gasteiger partial charge in [-0.25, -0.2) is 0 Å². The van der Waals surface area contributed by atoms with E-state index in [0.29, 0.717) is 12.5 Å². The van der Waals surface area contributed by atoms with Crippen molar-refractivity contribution < 1.29 is 9.26 Å². The Labute approximate surface area is 120 Å². The van der Waals surface area contributed by atoms with E-state index >= 15 is 0 Å². The Morgan fingerprint density at radius 3 is 3.11 bits per heavy atom. The smallest absolute Gasteiger partial charge is 0.240 e. The van der Waals surface area contributed by atoms with Crippen LogP contribution in [0.1, 0.15) is 47.8 Å². The minimum Gasteiger partial charge on any atom is -0.493 e. The number of rotatable bonds is 3. The van der Waals surface area contributed by atoms with Crippen molar-refractivity contribution in [3.63, 3.8) is 0 Å². The number of hydrogen-bond acceptors (Lipinski definition) is 4. The lowest BCUT2D eigenvalue weighted by Crippen LogP contribution is -2.16. The molecular weight excluding hydrogens is 308 g/mol. The molecule has 1 aliphatic rings. The minimum atomic E-state index is 0.129. The number of hydrogen-bond donors (Lipinski definition) is 0. The van der Waals surface area contributed by atoms with Gasteiger partial charge in [-0.3, -0.25) is 0 Å². The first-order valence-electron chi connectivity index (χ1n) is 6.49. The van der Waals surface area contributed by atoms with Gasteiger partial charge in [-0.2, -0.15) is 4.98 Å². The highest BCUT2D eigenvalue weighted by Gasteiger charge is 2.27. The molecule has 0 N–H and O–H groups in total. The predicted molar refractivity (Wildman–Crippen MR) is 74.7 cm³/mol. The summed E-state index contributed by atoms with van der Waals surface area (Å²) in [5.41, 5.74) is 1.14. The third kappa shape index (κ3) is 2.39. The molecule has 0 saturated heterocycles. The number of benzene rings is 1. The molecule has 0 amide bonds. The first-order chi connectivity index (χ1) is 9.29. The molecule has 4 nitrogen and oxygen atoms in total. The van der Waals surface area contributed by atoms with Gasteiger partial charge in [0.1, 0.15) is 5.75 Å². The lowest BCUT2D eigenvalue weighted by molar-refractivity contribution is 0.272. The molecule has 100 valence electrons. The van der Waals surface area contributed by atoms with E-state index in [2.05, 4.69) is 39.1 Å². The van der Waals surface area contributed by atoms with Crippen LogP contribution in [0, 0.1) is 0 Å². The quantitative estimate of drug-likeness (QED) is 0.806. The Hall–Kier alpha value is -1.36. The van der Waals surface area contributed by atoms with Crippen molar-refractivity contribution in [2.75, 3.05) is 6.61 Å². The van der Waals surface area contributed by atoms with Crippen LogP contribution >= 0.6 is 15.9 Å². The van der Waals surface area contributed by atoms with Gasteiger partial charge in [0.15, 0.2) is 5.82 Å². The number of fused-ring (bicyclic) bond motifs is 1. The fraction of sp³-hybridized carbons (Fsp3) is 0.429. The summed E-state index contributed by atoms with van der Waals surface area (Å²) in [6.45, 7) is 2.77. The van der Waals surface area contributed by atoms with E-state index in [1.807, 2.05) is 18.2 Å². The maximum atomic E-state index is 5.66. The second-order valence-electron chi connectivity index (χ2n) is 4.59. The summed E-state index contributed by atoms with van der Waals surface area (Å²) >= 11 is 3.53. The van der Waals surface area contributed by atoms with Crippen molar-refractivity contribution in [1.29, 1.82) is 0 Å². The summed E-state index contributed by atoms with van der Waals surface area (Å²) in [6.07, 6.45) is 1.81. The Bertz CT molecular complexity index is 570. The van der Waals surface area contributed by atoms with Gasteiger partial charge in [0, 0.05) is 5.56 Å². The van der Waals surface area contributed by atoms with Gasteiger partial charge in [-0.15, -0.1) is 0 Å². The van der Waals surface area contributed by atoms with Crippen LogP contribution in [0.25, 0.3) is 0 Å². The topological polar surface area (TPSA) is 48.2 Å². The average Bonchev–Trinajstić information content (AvgIpc) is 2.95. The molecule has 5 heteroatoms. The monoisotopic (exact) mass is 322 g/mol. The number of ether oxygens (including phenoxy) is 1. The molecule has 0 spiro atoms. The van der Waals surface area contributed by atoms with E-state index in [4.69, 9.17) is 9.26 Å². The fourth-order valence-electron chi connectivity index (χ4n) is 2.30. The highest BCUT2D eigenvalue weighted by Crippen LogP contribution is 2.37. The molecule has 2 heterocycles. The molecule has 0 fully saturated rings. The highest BCUT2D eigenvalue weighted by molar-refractivity contribution is 9.09. The normalized spacial score (nSPS) is 19.6. The minimum absolute atomic E-state index is 0.129. The zero-order valence-electron chi connectivity index (χ0n) is 10.7. The standard InChI is InChI=1S/C14H15BrN2O2/c1-2-11(15)14-16-13(17-19-14)10-7-8-18-12-6-4-3-5-9(10)12/h3-6,10-11H,2,7-8H2,1H3. The summed E-state index contributed by atoms with van der Waals surface area (Å²) in [5, 5.41) is 4.14. The molecule has 0 saturated carbocycles. The van der Waals surface area contributed by atoms with Crippen molar-refractivity contribution in [3.8, 4) is 5.75 Å². The number of halogens is 1. The molecule has 0 radical (unpaired) electrons. The highest BCUT2D eigenvalue weighted by atomic mass is 79.9. The first-order valence-corrected chi connectivity index (χ1v) is 7.40. The van der Waals surface area contributed by atoms with Crippen LogP contribution < -0.4 is 4.74 Å². The maximum absolute atomic E-state index is 5.66. The van der Waals surface area contributed by atoms with Gasteiger partial charge in [-0.1, -0.05) is 46.2 Å². The average molecular weight is 323 g/mol. The van der Waals surface area contributed by atoms with Crippen LogP contribution in [-0.4, -0.2) is 16.7 Å². The van der Waals surface area contributed by atoms with E-state index in [-0.39, 0.29) is 10.7 Å². The summed E-state index contributed by atoms with van der Waals surface area (Å²) in [7, 11) is 0. The maximum Gasteiger partial charge on any atom is 0.240 e. The molecule has 0 bridgehead atoms. The molecule has 1 aromatic heterocycles. The zero-order valence-corrected chi connectivity index (χ0v) is 12.3. The number of nitrogens with zero attached hydrogens (tertiary/aromatic N) is 2. The van der Waals surface area contributed by atoms with Crippen LogP contribution in [0.15, 0.2) is 28.8 Å². The number of alkyl halides is 1. The van der Waals surface area contributed by atoms with Crippen molar-refractivity contribution in [3.05, 3.63) is 41.5 Å². The van der Waals surface area contributed by atoms with Crippen LogP contribution in [0.4, 0.5) is 0 Å². The zero-order chi connectivity index (χ0) is 13.2. The molecule has 2 unspecified atom stereocenters. The van der Waals surface area contributed by atoms with Gasteiger partial charge in [0.2, 0.25) is 5.89 Å². The van der Waals surface area contributed by atoms with Crippen LogP contribution in [0.2, 0.25) is 0 Å². The molecule has 0 aliphatic carbocycles. The number of para-hydroxylation sites is 1. The molecule has 1 aromatic carbocycles. The molecule has 2 aromatic rings. The summed E-state index contributed by atoms with van der Waals surface area (Å²) in [5.74, 6) is 2.50. The van der Waals surface area contributed by atoms with Gasteiger partial charge in [0.25, 0.3) is 0 Å². The van der Waals surface area contributed by atoms with E-state index < -0.39 is 0 Å². The SMILES string of the molecule is CCC(Br)c1nc(C2CCOc3ccccc32)no1. The first kappa shape index (κ1) is 12.7. The lowest BCUT2D eigenvalue weighted by Gasteiger charge is -2.23. The van der Waals surface area contributed by atoms with Gasteiger partial charge < -0.3 is 9.26 Å². The Morgan fingerprint density at radius 2 is 2.26 bits per heavy atom. The lowest BCUT2D eigenvalue weighted by atomic mass is 9.92. The summed E-state index contributed by atoms with van der Waals surface area (Å²) in [6, 6.07) is 8.05.